The fourth-order valence-corrected chi connectivity index (χ4v) is 1.76. The van der Waals surface area contributed by atoms with E-state index in [0.717, 1.165) is 11.2 Å². The Balaban J connectivity index is 2.48. The van der Waals surface area contributed by atoms with E-state index in [2.05, 4.69) is 0 Å². The molecule has 1 heterocycles. The zero-order valence-corrected chi connectivity index (χ0v) is 6.80. The van der Waals surface area contributed by atoms with Crippen molar-refractivity contribution in [3.63, 3.8) is 0 Å². The third-order valence-corrected chi connectivity index (χ3v) is 3.22. The molecule has 1 radical (unpaired) electrons. The molecular formula is C5H8NO4S. The Bertz CT molecular complexity index is 264. The van der Waals surface area contributed by atoms with Crippen LogP contribution in [0.15, 0.2) is 0 Å². The van der Waals surface area contributed by atoms with Crippen LogP contribution in [-0.4, -0.2) is 44.0 Å². The number of carbonyl (C=O) groups excluding carboxylic acids is 1. The average molecular weight is 178 g/mol. The van der Waals surface area contributed by atoms with E-state index in [-0.39, 0.29) is 13.1 Å². The Labute approximate surface area is 64.5 Å². The largest absolute Gasteiger partial charge is 0.453 e. The SMILES string of the molecule is CS(=O)(=O)C1CN(C([O])=O)C1. The van der Waals surface area contributed by atoms with Crippen molar-refractivity contribution < 1.29 is 18.3 Å². The normalized spacial score (nSPS) is 19.5. The van der Waals surface area contributed by atoms with Gasteiger partial charge < -0.3 is 4.90 Å². The molecule has 0 bridgehead atoms. The number of amides is 1. The van der Waals surface area contributed by atoms with Crippen molar-refractivity contribution in [2.45, 2.75) is 5.25 Å². The van der Waals surface area contributed by atoms with Crippen LogP contribution in [0, 0.1) is 0 Å². The molecule has 0 spiro atoms. The standard InChI is InChI=1S/C5H8NO4S/c1-11(9,10)4-2-6(3-4)5(7)8/h4H,2-3H2,1H3. The van der Waals surface area contributed by atoms with Crippen LogP contribution >= 0.6 is 0 Å². The molecule has 1 aliphatic rings. The van der Waals surface area contributed by atoms with Crippen LogP contribution in [-0.2, 0) is 14.9 Å². The second kappa shape index (κ2) is 2.37. The average Bonchev–Trinajstić information content (AvgIpc) is 1.51. The summed E-state index contributed by atoms with van der Waals surface area (Å²) in [7, 11) is -3.07. The minimum absolute atomic E-state index is 0.0567. The monoisotopic (exact) mass is 178 g/mol. The lowest BCUT2D eigenvalue weighted by Gasteiger charge is -2.34. The van der Waals surface area contributed by atoms with Gasteiger partial charge in [0.05, 0.1) is 5.25 Å². The van der Waals surface area contributed by atoms with Gasteiger partial charge in [-0.3, -0.25) is 0 Å². The topological polar surface area (TPSA) is 74.3 Å². The molecule has 0 aromatic rings. The molecule has 1 aliphatic heterocycles. The first-order valence-corrected chi connectivity index (χ1v) is 5.01. The molecule has 6 heteroatoms. The molecule has 0 unspecified atom stereocenters. The minimum atomic E-state index is -3.07. The number of hydrogen-bond acceptors (Lipinski definition) is 3. The number of hydrogen-bond donors (Lipinski definition) is 0. The second-order valence-electron chi connectivity index (χ2n) is 2.62. The maximum atomic E-state index is 10.7. The van der Waals surface area contributed by atoms with E-state index in [1.165, 1.54) is 0 Å². The van der Waals surface area contributed by atoms with E-state index in [9.17, 15) is 18.3 Å². The summed E-state index contributed by atoms with van der Waals surface area (Å²) in [6.45, 7) is 0.113. The summed E-state index contributed by atoms with van der Waals surface area (Å²) in [5.74, 6) is 0. The molecule has 0 aliphatic carbocycles. The van der Waals surface area contributed by atoms with Crippen LogP contribution in [0.4, 0.5) is 4.79 Å². The molecule has 63 valence electrons. The van der Waals surface area contributed by atoms with Crippen molar-refractivity contribution in [2.75, 3.05) is 19.3 Å². The Hall–Kier alpha value is -0.780. The first-order chi connectivity index (χ1) is 4.91. The molecule has 0 saturated carbocycles. The predicted octanol–water partition coefficient (Wildman–Crippen LogP) is -0.734. The smallest absolute Gasteiger partial charge is 0.302 e. The van der Waals surface area contributed by atoms with Gasteiger partial charge in [0.2, 0.25) is 0 Å². The Morgan fingerprint density at radius 3 is 2.18 bits per heavy atom. The molecule has 1 fully saturated rings. The van der Waals surface area contributed by atoms with Crippen molar-refractivity contribution in [1.82, 2.24) is 4.90 Å². The Kier molecular flexibility index (Phi) is 1.79. The van der Waals surface area contributed by atoms with E-state index in [1.807, 2.05) is 0 Å². The van der Waals surface area contributed by atoms with Crippen LogP contribution in [0.2, 0.25) is 0 Å². The van der Waals surface area contributed by atoms with Crippen molar-refractivity contribution in [2.24, 2.45) is 0 Å². The molecule has 1 saturated heterocycles. The molecule has 1 rings (SSSR count). The minimum Gasteiger partial charge on any atom is -0.302 e. The van der Waals surface area contributed by atoms with Gasteiger partial charge in [-0.15, -0.1) is 0 Å². The molecule has 11 heavy (non-hydrogen) atoms. The number of likely N-dealkylation sites (tertiary alicyclic amines) is 1. The lowest BCUT2D eigenvalue weighted by atomic mass is 10.2. The molecule has 0 aromatic carbocycles. The third kappa shape index (κ3) is 1.62. The zero-order valence-electron chi connectivity index (χ0n) is 5.98. The highest BCUT2D eigenvalue weighted by molar-refractivity contribution is 7.91. The highest BCUT2D eigenvalue weighted by Crippen LogP contribution is 2.14. The molecule has 0 atom stereocenters. The summed E-state index contributed by atoms with van der Waals surface area (Å²) >= 11 is 0. The molecule has 0 aromatic heterocycles. The van der Waals surface area contributed by atoms with Gasteiger partial charge in [-0.1, -0.05) is 0 Å². The van der Waals surface area contributed by atoms with Crippen molar-refractivity contribution in [1.29, 1.82) is 0 Å². The fraction of sp³-hybridized carbons (Fsp3) is 0.800. The van der Waals surface area contributed by atoms with Gasteiger partial charge in [0.15, 0.2) is 9.84 Å². The van der Waals surface area contributed by atoms with Crippen molar-refractivity contribution in [3.05, 3.63) is 0 Å². The van der Waals surface area contributed by atoms with Crippen LogP contribution in [0.3, 0.4) is 0 Å². The van der Waals surface area contributed by atoms with E-state index in [4.69, 9.17) is 0 Å². The highest BCUT2D eigenvalue weighted by Gasteiger charge is 2.37. The zero-order chi connectivity index (χ0) is 8.65. The van der Waals surface area contributed by atoms with Crippen LogP contribution in [0.5, 0.6) is 0 Å². The van der Waals surface area contributed by atoms with E-state index < -0.39 is 21.2 Å². The Morgan fingerprint density at radius 1 is 1.45 bits per heavy atom. The van der Waals surface area contributed by atoms with Crippen molar-refractivity contribution >= 4 is 15.9 Å². The van der Waals surface area contributed by atoms with Crippen molar-refractivity contribution in [3.8, 4) is 0 Å². The highest BCUT2D eigenvalue weighted by atomic mass is 32.2. The first kappa shape index (κ1) is 8.32. The van der Waals surface area contributed by atoms with Crippen LogP contribution in [0.1, 0.15) is 0 Å². The molecular weight excluding hydrogens is 170 g/mol. The van der Waals surface area contributed by atoms with Crippen LogP contribution in [0.25, 0.3) is 0 Å². The number of rotatable bonds is 1. The third-order valence-electron chi connectivity index (χ3n) is 1.71. The fourth-order valence-electron chi connectivity index (χ4n) is 0.858. The van der Waals surface area contributed by atoms with Gasteiger partial charge in [-0.05, 0) is 0 Å². The van der Waals surface area contributed by atoms with Gasteiger partial charge in [-0.2, -0.15) is 0 Å². The summed E-state index contributed by atoms with van der Waals surface area (Å²) < 4.78 is 21.5. The Morgan fingerprint density at radius 2 is 1.91 bits per heavy atom. The van der Waals surface area contributed by atoms with Gasteiger partial charge in [-0.25, -0.2) is 18.3 Å². The van der Waals surface area contributed by atoms with Crippen LogP contribution < -0.4 is 0 Å². The summed E-state index contributed by atoms with van der Waals surface area (Å²) in [6.07, 6.45) is -0.200. The lowest BCUT2D eigenvalue weighted by molar-refractivity contribution is 0.0965. The van der Waals surface area contributed by atoms with Gasteiger partial charge >= 0.3 is 6.09 Å². The van der Waals surface area contributed by atoms with E-state index in [0.29, 0.717) is 0 Å². The second-order valence-corrected chi connectivity index (χ2v) is 4.95. The first-order valence-electron chi connectivity index (χ1n) is 3.06. The molecule has 5 nitrogen and oxygen atoms in total. The number of carbonyl (C=O) groups is 1. The summed E-state index contributed by atoms with van der Waals surface area (Å²) in [6, 6.07) is 0. The van der Waals surface area contributed by atoms with E-state index >= 15 is 0 Å². The summed E-state index contributed by atoms with van der Waals surface area (Å²) in [4.78, 5) is 11.0. The van der Waals surface area contributed by atoms with Gasteiger partial charge in [0.25, 0.3) is 0 Å². The van der Waals surface area contributed by atoms with Gasteiger partial charge in [0.1, 0.15) is 0 Å². The van der Waals surface area contributed by atoms with Gasteiger partial charge in [0, 0.05) is 19.3 Å². The number of nitrogens with zero attached hydrogens (tertiary/aromatic N) is 1. The summed E-state index contributed by atoms with van der Waals surface area (Å²) in [5, 5.41) is 9.55. The maximum Gasteiger partial charge on any atom is 0.453 e. The molecule has 0 N–H and O–H groups in total. The van der Waals surface area contributed by atoms with E-state index in [1.54, 1.807) is 0 Å². The predicted molar refractivity (Wildman–Crippen MR) is 36.3 cm³/mol. The molecule has 1 amide bonds. The number of sulfone groups is 1. The maximum absolute atomic E-state index is 10.7. The summed E-state index contributed by atoms with van der Waals surface area (Å²) in [5.41, 5.74) is 0. The lowest BCUT2D eigenvalue weighted by Crippen LogP contribution is -2.55. The quantitative estimate of drug-likeness (QED) is 0.531.